The molecule has 3 rings (SSSR count). The molecular weight excluding hydrogens is 266 g/mol. The second-order valence-corrected chi connectivity index (χ2v) is 6.21. The minimum absolute atomic E-state index is 0.00126. The summed E-state index contributed by atoms with van der Waals surface area (Å²) in [6, 6.07) is 4.10. The molecule has 1 saturated carbocycles. The summed E-state index contributed by atoms with van der Waals surface area (Å²) in [5.41, 5.74) is 1.80. The van der Waals surface area contributed by atoms with Crippen molar-refractivity contribution in [1.82, 2.24) is 5.32 Å². The first-order valence-electron chi connectivity index (χ1n) is 7.88. The van der Waals surface area contributed by atoms with E-state index in [4.69, 9.17) is 9.47 Å². The zero-order chi connectivity index (χ0) is 14.9. The Morgan fingerprint density at radius 1 is 1.10 bits per heavy atom. The molecule has 1 aromatic rings. The van der Waals surface area contributed by atoms with Crippen molar-refractivity contribution in [3.8, 4) is 11.5 Å². The van der Waals surface area contributed by atoms with Crippen LogP contribution < -0.4 is 14.8 Å². The van der Waals surface area contributed by atoms with Gasteiger partial charge in [-0.3, -0.25) is 0 Å². The molecule has 0 spiro atoms. The van der Waals surface area contributed by atoms with Crippen LogP contribution in [0.5, 0.6) is 11.5 Å². The quantitative estimate of drug-likeness (QED) is 0.899. The van der Waals surface area contributed by atoms with Crippen molar-refractivity contribution < 1.29 is 14.6 Å². The van der Waals surface area contributed by atoms with E-state index in [1.807, 2.05) is 6.07 Å². The van der Waals surface area contributed by atoms with Gasteiger partial charge in [-0.15, -0.1) is 0 Å². The van der Waals surface area contributed by atoms with E-state index >= 15 is 0 Å². The number of fused-ring (bicyclic) bond motifs is 1. The van der Waals surface area contributed by atoms with Crippen LogP contribution in [-0.4, -0.2) is 31.5 Å². The van der Waals surface area contributed by atoms with Crippen molar-refractivity contribution in [3.05, 3.63) is 23.3 Å². The third-order valence-electron chi connectivity index (χ3n) is 4.96. The van der Waals surface area contributed by atoms with Crippen LogP contribution in [0.25, 0.3) is 0 Å². The zero-order valence-electron chi connectivity index (χ0n) is 12.9. The Labute approximate surface area is 126 Å². The van der Waals surface area contributed by atoms with E-state index < -0.39 is 5.60 Å². The first-order chi connectivity index (χ1) is 10.2. The number of hydrogen-bond acceptors (Lipinski definition) is 4. The van der Waals surface area contributed by atoms with Gasteiger partial charge in [-0.1, -0.05) is 19.3 Å². The van der Waals surface area contributed by atoms with Crippen LogP contribution in [0.3, 0.4) is 0 Å². The van der Waals surface area contributed by atoms with Gasteiger partial charge in [0.2, 0.25) is 0 Å². The summed E-state index contributed by atoms with van der Waals surface area (Å²) in [6.45, 7) is 0.898. The van der Waals surface area contributed by atoms with Gasteiger partial charge in [-0.05, 0) is 49.1 Å². The van der Waals surface area contributed by atoms with Crippen molar-refractivity contribution in [2.45, 2.75) is 50.2 Å². The third kappa shape index (κ3) is 2.62. The minimum atomic E-state index is -0.632. The molecule has 0 unspecified atom stereocenters. The molecule has 0 bridgehead atoms. The molecule has 21 heavy (non-hydrogen) atoms. The van der Waals surface area contributed by atoms with Crippen molar-refractivity contribution in [2.24, 2.45) is 0 Å². The Balaban J connectivity index is 2.00. The van der Waals surface area contributed by atoms with Gasteiger partial charge in [0.05, 0.1) is 25.9 Å². The van der Waals surface area contributed by atoms with Crippen LogP contribution in [0.1, 0.15) is 49.3 Å². The number of methoxy groups -OCH3 is 2. The van der Waals surface area contributed by atoms with Gasteiger partial charge in [0, 0.05) is 0 Å². The van der Waals surface area contributed by atoms with Crippen LogP contribution in [0.15, 0.2) is 12.1 Å². The molecule has 2 N–H and O–H groups in total. The highest BCUT2D eigenvalue weighted by Crippen LogP contribution is 2.43. The van der Waals surface area contributed by atoms with Gasteiger partial charge >= 0.3 is 0 Å². The molecule has 0 aromatic heterocycles. The maximum absolute atomic E-state index is 11.1. The number of ether oxygens (including phenoxy) is 2. The van der Waals surface area contributed by atoms with Crippen LogP contribution in [0.2, 0.25) is 0 Å². The number of benzene rings is 1. The van der Waals surface area contributed by atoms with Crippen molar-refractivity contribution >= 4 is 0 Å². The molecule has 4 heteroatoms. The summed E-state index contributed by atoms with van der Waals surface area (Å²) in [5, 5.41) is 14.6. The summed E-state index contributed by atoms with van der Waals surface area (Å²) < 4.78 is 10.8. The second kappa shape index (κ2) is 5.85. The molecule has 1 aliphatic carbocycles. The van der Waals surface area contributed by atoms with Gasteiger partial charge in [-0.2, -0.15) is 0 Å². The Bertz CT molecular complexity index is 509. The summed E-state index contributed by atoms with van der Waals surface area (Å²) >= 11 is 0. The zero-order valence-corrected chi connectivity index (χ0v) is 12.9. The minimum Gasteiger partial charge on any atom is -0.493 e. The van der Waals surface area contributed by atoms with E-state index in [0.29, 0.717) is 0 Å². The monoisotopic (exact) mass is 291 g/mol. The molecule has 1 atom stereocenters. The molecule has 116 valence electrons. The predicted molar refractivity (Wildman–Crippen MR) is 82.0 cm³/mol. The molecule has 1 fully saturated rings. The van der Waals surface area contributed by atoms with Gasteiger partial charge in [0.1, 0.15) is 0 Å². The van der Waals surface area contributed by atoms with Crippen LogP contribution in [0, 0.1) is 0 Å². The topological polar surface area (TPSA) is 50.7 Å². The van der Waals surface area contributed by atoms with Crippen molar-refractivity contribution in [3.63, 3.8) is 0 Å². The fraction of sp³-hybridized carbons (Fsp3) is 0.647. The van der Waals surface area contributed by atoms with E-state index in [1.54, 1.807) is 14.2 Å². The first-order valence-corrected chi connectivity index (χ1v) is 7.88. The van der Waals surface area contributed by atoms with Gasteiger partial charge in [-0.25, -0.2) is 0 Å². The molecule has 1 aromatic carbocycles. The number of hydrogen-bond donors (Lipinski definition) is 2. The Kier molecular flexibility index (Phi) is 4.09. The maximum atomic E-state index is 11.1. The van der Waals surface area contributed by atoms with E-state index in [1.165, 1.54) is 17.5 Å². The molecule has 0 radical (unpaired) electrons. The predicted octanol–water partition coefficient (Wildman–Crippen LogP) is 2.59. The molecule has 1 aliphatic heterocycles. The lowest BCUT2D eigenvalue weighted by Crippen LogP contribution is -2.48. The van der Waals surface area contributed by atoms with Gasteiger partial charge in [0.25, 0.3) is 0 Å². The van der Waals surface area contributed by atoms with Crippen molar-refractivity contribution in [1.29, 1.82) is 0 Å². The molecular formula is C17H25NO3. The van der Waals surface area contributed by atoms with Crippen LogP contribution in [-0.2, 0) is 6.42 Å². The Morgan fingerprint density at radius 3 is 2.43 bits per heavy atom. The standard InChI is InChI=1S/C17H25NO3/c1-20-14-10-12-6-9-18-16(13(12)11-15(14)21-2)17(19)7-4-3-5-8-17/h10-11,16,18-19H,3-9H2,1-2H3/t16-/m1/s1. The lowest BCUT2D eigenvalue weighted by molar-refractivity contribution is -0.0333. The largest absolute Gasteiger partial charge is 0.493 e. The van der Waals surface area contributed by atoms with Gasteiger partial charge in [0.15, 0.2) is 11.5 Å². The maximum Gasteiger partial charge on any atom is 0.161 e. The Hall–Kier alpha value is -1.26. The molecule has 0 amide bonds. The van der Waals surface area contributed by atoms with Crippen LogP contribution in [0.4, 0.5) is 0 Å². The van der Waals surface area contributed by atoms with E-state index in [-0.39, 0.29) is 6.04 Å². The fourth-order valence-electron chi connectivity index (χ4n) is 3.82. The average molecular weight is 291 g/mol. The molecule has 2 aliphatic rings. The third-order valence-corrected chi connectivity index (χ3v) is 4.96. The number of rotatable bonds is 3. The fourth-order valence-corrected chi connectivity index (χ4v) is 3.82. The van der Waals surface area contributed by atoms with E-state index in [0.717, 1.165) is 50.1 Å². The summed E-state index contributed by atoms with van der Waals surface area (Å²) in [6.07, 6.45) is 6.15. The smallest absolute Gasteiger partial charge is 0.161 e. The van der Waals surface area contributed by atoms with Crippen molar-refractivity contribution in [2.75, 3.05) is 20.8 Å². The lowest BCUT2D eigenvalue weighted by atomic mass is 9.74. The normalized spacial score (nSPS) is 24.2. The summed E-state index contributed by atoms with van der Waals surface area (Å²) in [5.74, 6) is 1.51. The molecule has 4 nitrogen and oxygen atoms in total. The highest BCUT2D eigenvalue weighted by Gasteiger charge is 2.41. The van der Waals surface area contributed by atoms with Crippen LogP contribution >= 0.6 is 0 Å². The number of aliphatic hydroxyl groups is 1. The Morgan fingerprint density at radius 2 is 1.76 bits per heavy atom. The summed E-state index contributed by atoms with van der Waals surface area (Å²) in [4.78, 5) is 0. The second-order valence-electron chi connectivity index (χ2n) is 6.21. The summed E-state index contributed by atoms with van der Waals surface area (Å²) in [7, 11) is 3.32. The highest BCUT2D eigenvalue weighted by atomic mass is 16.5. The lowest BCUT2D eigenvalue weighted by Gasteiger charge is -2.42. The number of nitrogens with one attached hydrogen (secondary N) is 1. The average Bonchev–Trinajstić information content (AvgIpc) is 2.53. The first kappa shape index (κ1) is 14.7. The molecule has 1 heterocycles. The van der Waals surface area contributed by atoms with E-state index in [2.05, 4.69) is 11.4 Å². The van der Waals surface area contributed by atoms with Gasteiger partial charge < -0.3 is 19.9 Å². The highest BCUT2D eigenvalue weighted by molar-refractivity contribution is 5.50. The molecule has 0 saturated heterocycles. The SMILES string of the molecule is COc1cc2c(cc1OC)[C@H](C1(O)CCCCC1)NCC2. The van der Waals surface area contributed by atoms with E-state index in [9.17, 15) is 5.11 Å².